The molecule has 1 aromatic carbocycles. The SMILES string of the molecule is C=CCCn1c(SCC(=O)O)nc2ccc(OC)cc21. The van der Waals surface area contributed by atoms with Crippen molar-refractivity contribution in [2.45, 2.75) is 18.1 Å². The van der Waals surface area contributed by atoms with Gasteiger partial charge < -0.3 is 14.4 Å². The number of rotatable bonds is 7. The Morgan fingerprint density at radius 1 is 1.60 bits per heavy atom. The zero-order valence-corrected chi connectivity index (χ0v) is 12.0. The third-order valence-electron chi connectivity index (χ3n) is 2.80. The molecule has 2 rings (SSSR count). The summed E-state index contributed by atoms with van der Waals surface area (Å²) in [5.74, 6) is -0.101. The molecule has 0 fully saturated rings. The van der Waals surface area contributed by atoms with E-state index in [0.717, 1.165) is 29.7 Å². The van der Waals surface area contributed by atoms with Crippen LogP contribution in [0.1, 0.15) is 6.42 Å². The molecule has 1 heterocycles. The molecule has 20 heavy (non-hydrogen) atoms. The van der Waals surface area contributed by atoms with Crippen LogP contribution in [0.4, 0.5) is 0 Å². The molecule has 0 aliphatic rings. The summed E-state index contributed by atoms with van der Waals surface area (Å²) in [4.78, 5) is 15.2. The lowest BCUT2D eigenvalue weighted by atomic mass is 10.3. The summed E-state index contributed by atoms with van der Waals surface area (Å²) in [7, 11) is 1.62. The summed E-state index contributed by atoms with van der Waals surface area (Å²) in [5.41, 5.74) is 1.78. The Hall–Kier alpha value is -1.95. The molecule has 0 aliphatic heterocycles. The van der Waals surface area contributed by atoms with Gasteiger partial charge in [0.2, 0.25) is 0 Å². The first kappa shape index (κ1) is 14.5. The van der Waals surface area contributed by atoms with Crippen molar-refractivity contribution >= 4 is 28.8 Å². The van der Waals surface area contributed by atoms with Crippen LogP contribution in [-0.2, 0) is 11.3 Å². The van der Waals surface area contributed by atoms with Crippen LogP contribution in [0.3, 0.4) is 0 Å². The normalized spacial score (nSPS) is 10.7. The van der Waals surface area contributed by atoms with Crippen molar-refractivity contribution < 1.29 is 14.6 Å². The van der Waals surface area contributed by atoms with E-state index >= 15 is 0 Å². The summed E-state index contributed by atoms with van der Waals surface area (Å²) in [5, 5.41) is 9.51. The Morgan fingerprint density at radius 3 is 3.05 bits per heavy atom. The fourth-order valence-corrected chi connectivity index (χ4v) is 2.64. The number of thioether (sulfide) groups is 1. The number of carboxylic acids is 1. The fraction of sp³-hybridized carbons (Fsp3) is 0.286. The van der Waals surface area contributed by atoms with Gasteiger partial charge in [0.1, 0.15) is 5.75 Å². The fourth-order valence-electron chi connectivity index (χ4n) is 1.88. The van der Waals surface area contributed by atoms with Crippen LogP contribution < -0.4 is 4.74 Å². The second-order valence-electron chi connectivity index (χ2n) is 4.16. The summed E-state index contributed by atoms with van der Waals surface area (Å²) in [6.07, 6.45) is 2.63. The second-order valence-corrected chi connectivity index (χ2v) is 5.10. The Labute approximate surface area is 121 Å². The van der Waals surface area contributed by atoms with Gasteiger partial charge in [0.05, 0.1) is 23.9 Å². The van der Waals surface area contributed by atoms with Crippen molar-refractivity contribution in [3.05, 3.63) is 30.9 Å². The zero-order chi connectivity index (χ0) is 14.5. The zero-order valence-electron chi connectivity index (χ0n) is 11.2. The van der Waals surface area contributed by atoms with Gasteiger partial charge in [-0.05, 0) is 18.6 Å². The van der Waals surface area contributed by atoms with Gasteiger partial charge in [0, 0.05) is 12.6 Å². The van der Waals surface area contributed by atoms with E-state index < -0.39 is 5.97 Å². The number of nitrogens with zero attached hydrogens (tertiary/aromatic N) is 2. The first-order chi connectivity index (χ1) is 9.65. The van der Waals surface area contributed by atoms with Gasteiger partial charge >= 0.3 is 5.97 Å². The Balaban J connectivity index is 2.43. The standard InChI is InChI=1S/C14H16N2O3S/c1-3-4-7-16-12-8-10(19-2)5-6-11(12)15-14(16)20-9-13(17)18/h3,5-6,8H,1,4,7,9H2,2H3,(H,17,18). The van der Waals surface area contributed by atoms with E-state index in [1.807, 2.05) is 28.8 Å². The van der Waals surface area contributed by atoms with E-state index in [0.29, 0.717) is 5.16 Å². The number of fused-ring (bicyclic) bond motifs is 1. The van der Waals surface area contributed by atoms with E-state index in [4.69, 9.17) is 9.84 Å². The summed E-state index contributed by atoms with van der Waals surface area (Å²) in [6.45, 7) is 4.44. The van der Waals surface area contributed by atoms with E-state index in [9.17, 15) is 4.79 Å². The van der Waals surface area contributed by atoms with E-state index in [1.165, 1.54) is 11.8 Å². The maximum Gasteiger partial charge on any atom is 0.313 e. The largest absolute Gasteiger partial charge is 0.497 e. The molecule has 0 bridgehead atoms. The first-order valence-corrected chi connectivity index (χ1v) is 7.14. The molecule has 0 aliphatic carbocycles. The number of aromatic nitrogens is 2. The number of aryl methyl sites for hydroxylation is 1. The molecule has 0 spiro atoms. The highest BCUT2D eigenvalue weighted by molar-refractivity contribution is 7.99. The highest BCUT2D eigenvalue weighted by atomic mass is 32.2. The minimum Gasteiger partial charge on any atom is -0.497 e. The molecular formula is C14H16N2O3S. The molecular weight excluding hydrogens is 276 g/mol. The third-order valence-corrected chi connectivity index (χ3v) is 3.76. The molecule has 0 radical (unpaired) electrons. The third kappa shape index (κ3) is 3.14. The number of carboxylic acid groups (broad SMARTS) is 1. The number of allylic oxidation sites excluding steroid dienone is 1. The van der Waals surface area contributed by atoms with Gasteiger partial charge in [-0.15, -0.1) is 6.58 Å². The lowest BCUT2D eigenvalue weighted by molar-refractivity contribution is -0.133. The van der Waals surface area contributed by atoms with Gasteiger partial charge in [0.15, 0.2) is 5.16 Å². The molecule has 0 saturated heterocycles. The number of imidazole rings is 1. The van der Waals surface area contributed by atoms with Crippen LogP contribution >= 0.6 is 11.8 Å². The van der Waals surface area contributed by atoms with Crippen molar-refractivity contribution in [1.82, 2.24) is 9.55 Å². The van der Waals surface area contributed by atoms with Crippen molar-refractivity contribution in [3.8, 4) is 5.75 Å². The monoisotopic (exact) mass is 292 g/mol. The maximum absolute atomic E-state index is 10.7. The number of methoxy groups -OCH3 is 1. The Kier molecular flexibility index (Phi) is 4.68. The van der Waals surface area contributed by atoms with Crippen molar-refractivity contribution in [1.29, 1.82) is 0 Å². The number of hydrogen-bond donors (Lipinski definition) is 1. The Bertz CT molecular complexity index is 637. The molecule has 0 saturated carbocycles. The Morgan fingerprint density at radius 2 is 2.40 bits per heavy atom. The quantitative estimate of drug-likeness (QED) is 0.628. The van der Waals surface area contributed by atoms with Gasteiger partial charge in [0.25, 0.3) is 0 Å². The van der Waals surface area contributed by atoms with Crippen LogP contribution in [0, 0.1) is 0 Å². The van der Waals surface area contributed by atoms with Crippen molar-refractivity contribution in [2.24, 2.45) is 0 Å². The minimum atomic E-state index is -0.852. The predicted octanol–water partition coefficient (Wildman–Crippen LogP) is 2.80. The molecule has 5 nitrogen and oxygen atoms in total. The minimum absolute atomic E-state index is 0.00541. The predicted molar refractivity (Wildman–Crippen MR) is 79.5 cm³/mol. The average Bonchev–Trinajstić information content (AvgIpc) is 2.79. The summed E-state index contributed by atoms with van der Waals surface area (Å²) >= 11 is 1.22. The maximum atomic E-state index is 10.7. The summed E-state index contributed by atoms with van der Waals surface area (Å²) in [6, 6.07) is 5.64. The molecule has 2 aromatic rings. The van der Waals surface area contributed by atoms with Crippen LogP contribution in [0.2, 0.25) is 0 Å². The second kappa shape index (κ2) is 6.47. The number of aliphatic carboxylic acids is 1. The van der Waals surface area contributed by atoms with E-state index in [-0.39, 0.29) is 5.75 Å². The van der Waals surface area contributed by atoms with Gasteiger partial charge in [-0.2, -0.15) is 0 Å². The van der Waals surface area contributed by atoms with E-state index in [2.05, 4.69) is 11.6 Å². The highest BCUT2D eigenvalue weighted by Gasteiger charge is 2.13. The lowest BCUT2D eigenvalue weighted by Crippen LogP contribution is -2.03. The van der Waals surface area contributed by atoms with Gasteiger partial charge in [-0.3, -0.25) is 4.79 Å². The number of hydrogen-bond acceptors (Lipinski definition) is 4. The van der Waals surface area contributed by atoms with Crippen LogP contribution in [-0.4, -0.2) is 33.5 Å². The lowest BCUT2D eigenvalue weighted by Gasteiger charge is -2.07. The molecule has 1 N–H and O–H groups in total. The average molecular weight is 292 g/mol. The van der Waals surface area contributed by atoms with Crippen LogP contribution in [0.25, 0.3) is 11.0 Å². The number of benzene rings is 1. The van der Waals surface area contributed by atoms with Crippen LogP contribution in [0.5, 0.6) is 5.75 Å². The van der Waals surface area contributed by atoms with Gasteiger partial charge in [-0.25, -0.2) is 4.98 Å². The summed E-state index contributed by atoms with van der Waals surface area (Å²) < 4.78 is 7.23. The molecule has 106 valence electrons. The highest BCUT2D eigenvalue weighted by Crippen LogP contribution is 2.27. The van der Waals surface area contributed by atoms with Crippen molar-refractivity contribution in [3.63, 3.8) is 0 Å². The van der Waals surface area contributed by atoms with Gasteiger partial charge in [-0.1, -0.05) is 17.8 Å². The van der Waals surface area contributed by atoms with Crippen molar-refractivity contribution in [2.75, 3.05) is 12.9 Å². The first-order valence-electron chi connectivity index (χ1n) is 6.15. The number of ether oxygens (including phenoxy) is 1. The number of carbonyl (C=O) groups is 1. The smallest absolute Gasteiger partial charge is 0.313 e. The molecule has 0 amide bonds. The molecule has 6 heteroatoms. The van der Waals surface area contributed by atoms with E-state index in [1.54, 1.807) is 7.11 Å². The topological polar surface area (TPSA) is 64.4 Å². The molecule has 0 atom stereocenters. The molecule has 1 aromatic heterocycles. The van der Waals surface area contributed by atoms with Crippen LogP contribution in [0.15, 0.2) is 36.0 Å². The molecule has 0 unspecified atom stereocenters.